The molecule has 0 aliphatic carbocycles. The molecule has 3 rings (SSSR count). The number of nitrogens with one attached hydrogen (secondary N) is 1. The molecule has 0 radical (unpaired) electrons. The number of aromatic nitrogens is 1. The van der Waals surface area contributed by atoms with Gasteiger partial charge in [0.05, 0.1) is 7.11 Å². The van der Waals surface area contributed by atoms with Gasteiger partial charge in [0.1, 0.15) is 11.8 Å². The zero-order valence-electron chi connectivity index (χ0n) is 17.8. The van der Waals surface area contributed by atoms with Crippen molar-refractivity contribution >= 4 is 11.8 Å². The van der Waals surface area contributed by atoms with Crippen molar-refractivity contribution < 1.29 is 14.3 Å². The summed E-state index contributed by atoms with van der Waals surface area (Å²) in [7, 11) is 1.61. The molecule has 160 valence electrons. The first-order valence-electron chi connectivity index (χ1n) is 10.3. The van der Waals surface area contributed by atoms with Gasteiger partial charge in [0, 0.05) is 31.9 Å². The lowest BCUT2D eigenvalue weighted by Crippen LogP contribution is -2.43. The Balaban J connectivity index is 1.89. The van der Waals surface area contributed by atoms with Gasteiger partial charge in [-0.25, -0.2) is 0 Å². The van der Waals surface area contributed by atoms with Crippen LogP contribution in [0.5, 0.6) is 5.75 Å². The zero-order chi connectivity index (χ0) is 22.1. The van der Waals surface area contributed by atoms with Gasteiger partial charge in [-0.3, -0.25) is 14.6 Å². The summed E-state index contributed by atoms with van der Waals surface area (Å²) in [5.74, 6) is 0.414. The van der Waals surface area contributed by atoms with E-state index in [0.29, 0.717) is 19.5 Å². The lowest BCUT2D eigenvalue weighted by Gasteiger charge is -2.31. The molecular formula is C25H27N3O3. The van der Waals surface area contributed by atoms with Crippen LogP contribution >= 0.6 is 0 Å². The molecule has 6 nitrogen and oxygen atoms in total. The molecule has 0 spiro atoms. The largest absolute Gasteiger partial charge is 0.497 e. The zero-order valence-corrected chi connectivity index (χ0v) is 17.8. The van der Waals surface area contributed by atoms with Crippen LogP contribution in [0.15, 0.2) is 79.1 Å². The number of methoxy groups -OCH3 is 1. The third-order valence-corrected chi connectivity index (χ3v) is 5.00. The first kappa shape index (κ1) is 22.0. The summed E-state index contributed by atoms with van der Waals surface area (Å²) < 4.78 is 5.22. The Bertz CT molecular complexity index is 976. The molecule has 0 bridgehead atoms. The third-order valence-electron chi connectivity index (χ3n) is 5.00. The van der Waals surface area contributed by atoms with E-state index in [-0.39, 0.29) is 11.8 Å². The van der Waals surface area contributed by atoms with Gasteiger partial charge in [-0.15, -0.1) is 0 Å². The molecule has 0 saturated carbocycles. The first-order valence-corrected chi connectivity index (χ1v) is 10.3. The van der Waals surface area contributed by atoms with Crippen LogP contribution in [0.1, 0.15) is 36.1 Å². The third kappa shape index (κ3) is 5.92. The second-order valence-corrected chi connectivity index (χ2v) is 7.12. The SMILES string of the molecule is CCC(=O)N(Cc1ccc(OC)cc1)[C@H](C(=O)NCc1cccnc1)c1ccccc1. The quantitative estimate of drug-likeness (QED) is 0.573. The number of carbonyl (C=O) groups is 2. The van der Waals surface area contributed by atoms with E-state index in [2.05, 4.69) is 10.3 Å². The topological polar surface area (TPSA) is 71.5 Å². The van der Waals surface area contributed by atoms with Crippen LogP contribution in [0.2, 0.25) is 0 Å². The Labute approximate surface area is 182 Å². The number of carbonyl (C=O) groups excluding carboxylic acids is 2. The highest BCUT2D eigenvalue weighted by Crippen LogP contribution is 2.25. The van der Waals surface area contributed by atoms with Gasteiger partial charge in [-0.05, 0) is 34.9 Å². The molecule has 0 saturated heterocycles. The first-order chi connectivity index (χ1) is 15.1. The summed E-state index contributed by atoms with van der Waals surface area (Å²) in [6.07, 6.45) is 3.70. The number of amides is 2. The second-order valence-electron chi connectivity index (χ2n) is 7.12. The maximum Gasteiger partial charge on any atom is 0.247 e. The Morgan fingerprint density at radius 1 is 1.00 bits per heavy atom. The fraction of sp³-hybridized carbons (Fsp3) is 0.240. The molecule has 2 aromatic carbocycles. The molecule has 2 amide bonds. The predicted octanol–water partition coefficient (Wildman–Crippen LogP) is 3.89. The van der Waals surface area contributed by atoms with Crippen molar-refractivity contribution in [1.82, 2.24) is 15.2 Å². The standard InChI is InChI=1S/C25H27N3O3/c1-3-23(29)28(18-19-11-13-22(31-2)14-12-19)24(21-9-5-4-6-10-21)25(30)27-17-20-8-7-15-26-16-20/h4-16,24H,3,17-18H2,1-2H3,(H,27,30)/t24-/m0/s1. The number of benzene rings is 2. The van der Waals surface area contributed by atoms with Crippen LogP contribution in [0.3, 0.4) is 0 Å². The van der Waals surface area contributed by atoms with Crippen LogP contribution < -0.4 is 10.1 Å². The second kappa shape index (κ2) is 10.9. The molecule has 1 aromatic heterocycles. The highest BCUT2D eigenvalue weighted by atomic mass is 16.5. The van der Waals surface area contributed by atoms with Crippen molar-refractivity contribution in [2.45, 2.75) is 32.5 Å². The van der Waals surface area contributed by atoms with Crippen molar-refractivity contribution in [1.29, 1.82) is 0 Å². The van der Waals surface area contributed by atoms with Crippen molar-refractivity contribution in [3.8, 4) is 5.75 Å². The summed E-state index contributed by atoms with van der Waals surface area (Å²) in [4.78, 5) is 32.0. The van der Waals surface area contributed by atoms with E-state index in [1.807, 2.05) is 66.7 Å². The summed E-state index contributed by atoms with van der Waals surface area (Å²) in [6.45, 7) is 2.46. The predicted molar refractivity (Wildman–Crippen MR) is 119 cm³/mol. The molecule has 0 fully saturated rings. The Hall–Kier alpha value is -3.67. The van der Waals surface area contributed by atoms with E-state index in [1.165, 1.54) is 0 Å². The van der Waals surface area contributed by atoms with E-state index in [9.17, 15) is 9.59 Å². The number of hydrogen-bond donors (Lipinski definition) is 1. The van der Waals surface area contributed by atoms with Gasteiger partial charge in [-0.1, -0.05) is 55.5 Å². The highest BCUT2D eigenvalue weighted by molar-refractivity contribution is 5.88. The van der Waals surface area contributed by atoms with E-state index >= 15 is 0 Å². The van der Waals surface area contributed by atoms with Crippen molar-refractivity contribution in [3.63, 3.8) is 0 Å². The summed E-state index contributed by atoms with van der Waals surface area (Å²) in [5.41, 5.74) is 2.58. The van der Waals surface area contributed by atoms with Gasteiger partial charge in [-0.2, -0.15) is 0 Å². The van der Waals surface area contributed by atoms with Crippen LogP contribution in [0.4, 0.5) is 0 Å². The Morgan fingerprint density at radius 2 is 1.74 bits per heavy atom. The van der Waals surface area contributed by atoms with Crippen LogP contribution in [0, 0.1) is 0 Å². The van der Waals surface area contributed by atoms with Gasteiger partial charge < -0.3 is 15.0 Å². The van der Waals surface area contributed by atoms with Crippen molar-refractivity contribution in [2.24, 2.45) is 0 Å². The van der Waals surface area contributed by atoms with Crippen LogP contribution in [-0.4, -0.2) is 28.8 Å². The van der Waals surface area contributed by atoms with Gasteiger partial charge in [0.2, 0.25) is 11.8 Å². The van der Waals surface area contributed by atoms with Gasteiger partial charge in [0.25, 0.3) is 0 Å². The molecule has 1 heterocycles. The molecule has 1 atom stereocenters. The monoisotopic (exact) mass is 417 g/mol. The average Bonchev–Trinajstić information content (AvgIpc) is 2.83. The van der Waals surface area contributed by atoms with Crippen molar-refractivity contribution in [3.05, 3.63) is 95.8 Å². The number of pyridine rings is 1. The maximum atomic E-state index is 13.3. The van der Waals surface area contributed by atoms with Crippen molar-refractivity contribution in [2.75, 3.05) is 7.11 Å². The maximum absolute atomic E-state index is 13.3. The van der Waals surface area contributed by atoms with Gasteiger partial charge in [0.15, 0.2) is 0 Å². The van der Waals surface area contributed by atoms with Crippen LogP contribution in [-0.2, 0) is 22.7 Å². The highest BCUT2D eigenvalue weighted by Gasteiger charge is 2.30. The van der Waals surface area contributed by atoms with Gasteiger partial charge >= 0.3 is 0 Å². The minimum absolute atomic E-state index is 0.0961. The molecule has 31 heavy (non-hydrogen) atoms. The summed E-state index contributed by atoms with van der Waals surface area (Å²) in [6, 6.07) is 19.9. The van der Waals surface area contributed by atoms with E-state index in [4.69, 9.17) is 4.74 Å². The summed E-state index contributed by atoms with van der Waals surface area (Å²) in [5, 5.41) is 2.97. The average molecular weight is 418 g/mol. The minimum Gasteiger partial charge on any atom is -0.497 e. The molecule has 1 N–H and O–H groups in total. The van der Waals surface area contributed by atoms with E-state index < -0.39 is 6.04 Å². The molecule has 0 aliphatic rings. The smallest absolute Gasteiger partial charge is 0.247 e. The Kier molecular flexibility index (Phi) is 7.76. The Morgan fingerprint density at radius 3 is 2.35 bits per heavy atom. The number of ether oxygens (including phenoxy) is 1. The molecule has 3 aromatic rings. The summed E-state index contributed by atoms with van der Waals surface area (Å²) >= 11 is 0. The van der Waals surface area contributed by atoms with Crippen LogP contribution in [0.25, 0.3) is 0 Å². The fourth-order valence-electron chi connectivity index (χ4n) is 3.35. The van der Waals surface area contributed by atoms with E-state index in [0.717, 1.165) is 22.4 Å². The normalized spacial score (nSPS) is 11.4. The minimum atomic E-state index is -0.743. The number of rotatable bonds is 9. The lowest BCUT2D eigenvalue weighted by molar-refractivity contribution is -0.141. The molecule has 0 aliphatic heterocycles. The molecule has 6 heteroatoms. The number of nitrogens with zero attached hydrogens (tertiary/aromatic N) is 2. The lowest BCUT2D eigenvalue weighted by atomic mass is 10.0. The number of hydrogen-bond acceptors (Lipinski definition) is 4. The molecule has 0 unspecified atom stereocenters. The van der Waals surface area contributed by atoms with E-state index in [1.54, 1.807) is 31.3 Å². The fourth-order valence-corrected chi connectivity index (χ4v) is 3.35. The molecular weight excluding hydrogens is 390 g/mol.